The topological polar surface area (TPSA) is 130 Å². The van der Waals surface area contributed by atoms with Gasteiger partial charge in [0, 0.05) is 32.1 Å². The molecule has 39 heavy (non-hydrogen) atoms. The van der Waals surface area contributed by atoms with E-state index in [0.29, 0.717) is 24.3 Å². The third-order valence-corrected chi connectivity index (χ3v) is 5.33. The zero-order valence-corrected chi connectivity index (χ0v) is 23.6. The molecule has 0 aliphatic heterocycles. The van der Waals surface area contributed by atoms with Crippen molar-refractivity contribution in [2.75, 3.05) is 37.8 Å². The van der Waals surface area contributed by atoms with Gasteiger partial charge in [-0.15, -0.1) is 12.3 Å². The van der Waals surface area contributed by atoms with Crippen molar-refractivity contribution in [2.24, 2.45) is 0 Å². The van der Waals surface area contributed by atoms with Gasteiger partial charge in [-0.2, -0.15) is 0 Å². The van der Waals surface area contributed by atoms with E-state index in [4.69, 9.17) is 30.1 Å². The van der Waals surface area contributed by atoms with Gasteiger partial charge in [-0.3, -0.25) is 9.69 Å². The van der Waals surface area contributed by atoms with Crippen LogP contribution in [0.5, 0.6) is 0 Å². The Labute approximate surface area is 230 Å². The van der Waals surface area contributed by atoms with Crippen LogP contribution in [0.2, 0.25) is 0 Å². The van der Waals surface area contributed by atoms with Gasteiger partial charge in [0.1, 0.15) is 0 Å². The number of nitrogens with zero attached hydrogens (tertiary/aromatic N) is 1. The van der Waals surface area contributed by atoms with E-state index in [0.717, 1.165) is 0 Å². The molecular formula is C28H40N2O9. The number of carbonyl (C=O) groups excluding carboxylic acids is 4. The highest BCUT2D eigenvalue weighted by molar-refractivity contribution is 6.04. The van der Waals surface area contributed by atoms with Crippen molar-refractivity contribution >= 4 is 29.6 Å². The fourth-order valence-corrected chi connectivity index (χ4v) is 3.62. The monoisotopic (exact) mass is 548 g/mol. The lowest BCUT2D eigenvalue weighted by Gasteiger charge is -2.31. The van der Waals surface area contributed by atoms with E-state index in [2.05, 4.69) is 11.2 Å². The Hall–Kier alpha value is -3.62. The summed E-state index contributed by atoms with van der Waals surface area (Å²) in [6.07, 6.45) is 3.37. The Morgan fingerprint density at radius 1 is 1.03 bits per heavy atom. The van der Waals surface area contributed by atoms with Gasteiger partial charge in [0.05, 0.1) is 32.3 Å². The summed E-state index contributed by atoms with van der Waals surface area (Å²) in [5.41, 5.74) is -0.943. The standard InChI is InChI=1S/C28H40N2O9/c1-8-13-24(39-21(7)31)38-20(6)19-37-28(25(32)35-11-4,26(33)36-12-5)18-22-14-16-23(17-15-22)30(10-3)27(34)29-9-2/h1,14-17,20,24H,9-13,18-19H2,2-7H3,(H,29,34). The van der Waals surface area contributed by atoms with Crippen molar-refractivity contribution in [3.63, 3.8) is 0 Å². The average molecular weight is 549 g/mol. The fourth-order valence-electron chi connectivity index (χ4n) is 3.62. The molecular weight excluding hydrogens is 508 g/mol. The van der Waals surface area contributed by atoms with Crippen LogP contribution in [0, 0.1) is 12.3 Å². The van der Waals surface area contributed by atoms with Gasteiger partial charge in [0.2, 0.25) is 6.29 Å². The molecule has 0 aromatic heterocycles. The Bertz CT molecular complexity index is 970. The number of urea groups is 1. The lowest BCUT2D eigenvalue weighted by atomic mass is 9.93. The van der Waals surface area contributed by atoms with E-state index < -0.39 is 35.9 Å². The van der Waals surface area contributed by atoms with Gasteiger partial charge in [-0.1, -0.05) is 12.1 Å². The fraction of sp³-hybridized carbons (Fsp3) is 0.571. The van der Waals surface area contributed by atoms with Crippen molar-refractivity contribution in [2.45, 2.75) is 72.4 Å². The summed E-state index contributed by atoms with van der Waals surface area (Å²) in [6.45, 7) is 10.4. The Morgan fingerprint density at radius 2 is 1.62 bits per heavy atom. The highest BCUT2D eigenvalue weighted by atomic mass is 16.7. The predicted octanol–water partition coefficient (Wildman–Crippen LogP) is 2.98. The summed E-state index contributed by atoms with van der Waals surface area (Å²) in [5, 5.41) is 2.76. The van der Waals surface area contributed by atoms with Crippen LogP contribution in [0.25, 0.3) is 0 Å². The maximum atomic E-state index is 13.2. The number of anilines is 1. The summed E-state index contributed by atoms with van der Waals surface area (Å²) < 4.78 is 27.1. The van der Waals surface area contributed by atoms with E-state index in [9.17, 15) is 19.2 Å². The number of nitrogens with one attached hydrogen (secondary N) is 1. The van der Waals surface area contributed by atoms with Crippen molar-refractivity contribution in [1.82, 2.24) is 5.32 Å². The van der Waals surface area contributed by atoms with Crippen molar-refractivity contribution < 1.29 is 42.9 Å². The van der Waals surface area contributed by atoms with Crippen LogP contribution in [-0.2, 0) is 44.5 Å². The normalized spacial score (nSPS) is 12.4. The molecule has 1 N–H and O–H groups in total. The first-order chi connectivity index (χ1) is 18.6. The summed E-state index contributed by atoms with van der Waals surface area (Å²) in [4.78, 5) is 51.7. The quantitative estimate of drug-likeness (QED) is 0.109. The molecule has 0 saturated carbocycles. The van der Waals surface area contributed by atoms with Crippen LogP contribution >= 0.6 is 0 Å². The molecule has 0 fully saturated rings. The molecule has 0 saturated heterocycles. The van der Waals surface area contributed by atoms with Gasteiger partial charge >= 0.3 is 23.9 Å². The SMILES string of the molecule is C#CCC(OC(C)=O)OC(C)COC(Cc1ccc(N(CC)C(=O)NCC)cc1)(C(=O)OCC)C(=O)OCC. The molecule has 11 nitrogen and oxygen atoms in total. The number of ether oxygens (including phenoxy) is 5. The van der Waals surface area contributed by atoms with Crippen LogP contribution in [0.15, 0.2) is 24.3 Å². The molecule has 2 amide bonds. The molecule has 0 spiro atoms. The minimum Gasteiger partial charge on any atom is -0.463 e. The lowest BCUT2D eigenvalue weighted by molar-refractivity contribution is -0.207. The molecule has 216 valence electrons. The van der Waals surface area contributed by atoms with Crippen molar-refractivity contribution in [3.05, 3.63) is 29.8 Å². The summed E-state index contributed by atoms with van der Waals surface area (Å²) in [5.74, 6) is -0.0498. The number of carbonyl (C=O) groups is 4. The first-order valence-corrected chi connectivity index (χ1v) is 13.0. The Kier molecular flexibility index (Phi) is 14.6. The number of hydrogen-bond donors (Lipinski definition) is 1. The van der Waals surface area contributed by atoms with Gasteiger partial charge < -0.3 is 29.0 Å². The first kappa shape index (κ1) is 33.4. The smallest absolute Gasteiger partial charge is 0.350 e. The van der Waals surface area contributed by atoms with Crippen LogP contribution in [0.1, 0.15) is 53.5 Å². The number of esters is 3. The number of hydrogen-bond acceptors (Lipinski definition) is 9. The number of amides is 2. The van der Waals surface area contributed by atoms with E-state index in [1.807, 2.05) is 13.8 Å². The second-order valence-electron chi connectivity index (χ2n) is 8.40. The highest BCUT2D eigenvalue weighted by Gasteiger charge is 2.51. The summed E-state index contributed by atoms with van der Waals surface area (Å²) in [6, 6.07) is 6.57. The summed E-state index contributed by atoms with van der Waals surface area (Å²) in [7, 11) is 0. The van der Waals surface area contributed by atoms with E-state index in [1.165, 1.54) is 6.92 Å². The molecule has 2 atom stereocenters. The Morgan fingerprint density at radius 3 is 2.08 bits per heavy atom. The molecule has 2 unspecified atom stereocenters. The maximum Gasteiger partial charge on any atom is 0.350 e. The lowest BCUT2D eigenvalue weighted by Crippen LogP contribution is -2.54. The predicted molar refractivity (Wildman–Crippen MR) is 144 cm³/mol. The van der Waals surface area contributed by atoms with E-state index >= 15 is 0 Å². The molecule has 0 aliphatic carbocycles. The second-order valence-corrected chi connectivity index (χ2v) is 8.40. The van der Waals surface area contributed by atoms with Gasteiger partial charge in [-0.05, 0) is 52.3 Å². The molecule has 0 heterocycles. The van der Waals surface area contributed by atoms with Crippen LogP contribution < -0.4 is 10.2 Å². The third kappa shape index (κ3) is 10.2. The van der Waals surface area contributed by atoms with Crippen molar-refractivity contribution in [1.29, 1.82) is 0 Å². The zero-order chi connectivity index (χ0) is 29.4. The second kappa shape index (κ2) is 17.1. The Balaban J connectivity index is 3.29. The van der Waals surface area contributed by atoms with Gasteiger partial charge in [0.15, 0.2) is 0 Å². The average Bonchev–Trinajstić information content (AvgIpc) is 2.88. The minimum absolute atomic E-state index is 0.00220. The molecule has 0 aliphatic rings. The molecule has 11 heteroatoms. The van der Waals surface area contributed by atoms with Crippen LogP contribution in [-0.4, -0.2) is 74.8 Å². The maximum absolute atomic E-state index is 13.2. The van der Waals surface area contributed by atoms with Gasteiger partial charge in [-0.25, -0.2) is 14.4 Å². The zero-order valence-electron chi connectivity index (χ0n) is 23.6. The number of benzene rings is 1. The first-order valence-electron chi connectivity index (χ1n) is 13.0. The number of terminal acetylenes is 1. The third-order valence-electron chi connectivity index (χ3n) is 5.33. The van der Waals surface area contributed by atoms with E-state index in [-0.39, 0.29) is 38.7 Å². The summed E-state index contributed by atoms with van der Waals surface area (Å²) >= 11 is 0. The molecule has 0 radical (unpaired) electrons. The van der Waals surface area contributed by atoms with Gasteiger partial charge in [0.25, 0.3) is 5.60 Å². The minimum atomic E-state index is -2.14. The van der Waals surface area contributed by atoms with Crippen LogP contribution in [0.3, 0.4) is 0 Å². The van der Waals surface area contributed by atoms with E-state index in [1.54, 1.807) is 49.9 Å². The largest absolute Gasteiger partial charge is 0.463 e. The van der Waals surface area contributed by atoms with Crippen LogP contribution in [0.4, 0.5) is 10.5 Å². The molecule has 1 aromatic carbocycles. The highest BCUT2D eigenvalue weighted by Crippen LogP contribution is 2.26. The molecule has 1 aromatic rings. The van der Waals surface area contributed by atoms with Crippen molar-refractivity contribution in [3.8, 4) is 12.3 Å². The molecule has 0 bridgehead atoms. The number of rotatable bonds is 16. The molecule has 1 rings (SSSR count).